The molecule has 2 aliphatic heterocycles. The molecule has 5 rings (SSSR count). The molecule has 0 bridgehead atoms. The van der Waals surface area contributed by atoms with Crippen LogP contribution in [0.4, 0.5) is 5.82 Å². The van der Waals surface area contributed by atoms with Crippen LogP contribution < -0.4 is 14.8 Å². The van der Waals surface area contributed by atoms with Crippen molar-refractivity contribution in [2.45, 2.75) is 13.3 Å². The molecule has 0 amide bonds. The van der Waals surface area contributed by atoms with E-state index >= 15 is 0 Å². The molecule has 7 nitrogen and oxygen atoms in total. The molecule has 3 aromatic rings. The van der Waals surface area contributed by atoms with Gasteiger partial charge in [0.15, 0.2) is 11.5 Å². The van der Waals surface area contributed by atoms with E-state index in [1.165, 1.54) is 0 Å². The number of ether oxygens (including phenoxy) is 2. The molecule has 0 spiro atoms. The highest BCUT2D eigenvalue weighted by atomic mass is 16.7. The molecule has 0 radical (unpaired) electrons. The zero-order valence-corrected chi connectivity index (χ0v) is 19.9. The number of aryl methyl sites for hydroxylation is 1. The number of pyridine rings is 1. The second-order valence-electron chi connectivity index (χ2n) is 9.11. The minimum Gasteiger partial charge on any atom is -0.507 e. The average Bonchev–Trinajstić information content (AvgIpc) is 3.33. The molecule has 0 unspecified atom stereocenters. The molecule has 2 aromatic carbocycles. The van der Waals surface area contributed by atoms with Gasteiger partial charge in [0.05, 0.1) is 5.69 Å². The number of anilines is 1. The number of benzene rings is 2. The van der Waals surface area contributed by atoms with E-state index in [2.05, 4.69) is 22.2 Å². The Labute approximate surface area is 200 Å². The van der Waals surface area contributed by atoms with Crippen molar-refractivity contribution in [1.29, 1.82) is 0 Å². The number of hydrogen-bond donors (Lipinski definition) is 2. The number of rotatable bonds is 7. The van der Waals surface area contributed by atoms with Crippen LogP contribution in [0.25, 0.3) is 22.4 Å². The van der Waals surface area contributed by atoms with Crippen LogP contribution in [0, 0.1) is 6.92 Å². The van der Waals surface area contributed by atoms with Crippen LogP contribution in [0.1, 0.15) is 12.0 Å². The highest BCUT2D eigenvalue weighted by Gasteiger charge is 2.20. The average molecular weight is 461 g/mol. The Hall–Kier alpha value is -3.29. The summed E-state index contributed by atoms with van der Waals surface area (Å²) in [4.78, 5) is 9.75. The monoisotopic (exact) mass is 460 g/mol. The Morgan fingerprint density at radius 1 is 1.00 bits per heavy atom. The molecule has 1 fully saturated rings. The maximum atomic E-state index is 10.6. The molecule has 0 atom stereocenters. The first-order valence-corrected chi connectivity index (χ1v) is 11.9. The molecule has 0 saturated carbocycles. The number of aromatic hydroxyl groups is 1. The highest BCUT2D eigenvalue weighted by Crippen LogP contribution is 2.43. The lowest BCUT2D eigenvalue weighted by molar-refractivity contribution is 0.154. The second-order valence-corrected chi connectivity index (χ2v) is 9.11. The summed E-state index contributed by atoms with van der Waals surface area (Å²) in [6, 6.07) is 15.5. The predicted octanol–water partition coefficient (Wildman–Crippen LogP) is 4.21. The fraction of sp³-hybridized carbons (Fsp3) is 0.370. The minimum absolute atomic E-state index is 0.217. The molecular formula is C27H32N4O3. The summed E-state index contributed by atoms with van der Waals surface area (Å²) in [5.74, 6) is 2.49. The Morgan fingerprint density at radius 3 is 2.71 bits per heavy atom. The number of fused-ring (bicyclic) bond motifs is 1. The van der Waals surface area contributed by atoms with Crippen molar-refractivity contribution in [3.63, 3.8) is 0 Å². The molecule has 178 valence electrons. The summed E-state index contributed by atoms with van der Waals surface area (Å²) in [5.41, 5.74) is 4.42. The number of para-hydroxylation sites is 1. The summed E-state index contributed by atoms with van der Waals surface area (Å²) in [6.07, 6.45) is 1.04. The van der Waals surface area contributed by atoms with Gasteiger partial charge in [-0.2, -0.15) is 0 Å². The summed E-state index contributed by atoms with van der Waals surface area (Å²) < 4.78 is 11.3. The van der Waals surface area contributed by atoms with Crippen molar-refractivity contribution in [2.75, 3.05) is 58.4 Å². The van der Waals surface area contributed by atoms with Gasteiger partial charge in [-0.25, -0.2) is 4.98 Å². The fourth-order valence-electron chi connectivity index (χ4n) is 4.52. The van der Waals surface area contributed by atoms with Gasteiger partial charge in [-0.05, 0) is 62.8 Å². The lowest BCUT2D eigenvalue weighted by atomic mass is 10.0. The first-order valence-electron chi connectivity index (χ1n) is 11.9. The minimum atomic E-state index is 0.217. The molecule has 1 aromatic heterocycles. The normalized spacial score (nSPS) is 16.1. The van der Waals surface area contributed by atoms with E-state index in [0.717, 1.165) is 85.4 Å². The number of phenols is 1. The highest BCUT2D eigenvalue weighted by molar-refractivity contribution is 5.81. The molecule has 1 saturated heterocycles. The number of phenolic OH excluding ortho intramolecular Hbond substituents is 1. The zero-order chi connectivity index (χ0) is 23.5. The quantitative estimate of drug-likeness (QED) is 0.512. The van der Waals surface area contributed by atoms with Gasteiger partial charge in [-0.3, -0.25) is 0 Å². The van der Waals surface area contributed by atoms with Crippen LogP contribution in [-0.2, 0) is 0 Å². The predicted molar refractivity (Wildman–Crippen MR) is 135 cm³/mol. The molecule has 2 N–H and O–H groups in total. The maximum Gasteiger partial charge on any atom is 0.231 e. The molecular weight excluding hydrogens is 428 g/mol. The van der Waals surface area contributed by atoms with Crippen LogP contribution in [0.5, 0.6) is 17.2 Å². The number of hydrogen-bond acceptors (Lipinski definition) is 7. The summed E-state index contributed by atoms with van der Waals surface area (Å²) >= 11 is 0. The number of nitrogens with zero attached hydrogens (tertiary/aromatic N) is 3. The maximum absolute atomic E-state index is 10.6. The molecule has 34 heavy (non-hydrogen) atoms. The van der Waals surface area contributed by atoms with Gasteiger partial charge in [-0.1, -0.05) is 23.8 Å². The lowest BCUT2D eigenvalue weighted by Crippen LogP contribution is -2.44. The number of likely N-dealkylation sites (N-methyl/N-ethyl adjacent to an activating group) is 1. The molecule has 7 heteroatoms. The second kappa shape index (κ2) is 9.91. The molecule has 0 aliphatic carbocycles. The van der Waals surface area contributed by atoms with Gasteiger partial charge < -0.3 is 29.7 Å². The summed E-state index contributed by atoms with van der Waals surface area (Å²) in [7, 11) is 2.18. The van der Waals surface area contributed by atoms with E-state index in [0.29, 0.717) is 5.56 Å². The van der Waals surface area contributed by atoms with E-state index < -0.39 is 0 Å². The van der Waals surface area contributed by atoms with Crippen molar-refractivity contribution in [2.24, 2.45) is 0 Å². The smallest absolute Gasteiger partial charge is 0.231 e. The fourth-order valence-corrected chi connectivity index (χ4v) is 4.52. The standard InChI is InChI=1S/C27H32N4O3/c1-19-7-8-24(32)22(15-19)23-16-20(21-5-3-6-25-27(21)34-18-33-25)17-26(29-23)28-9-4-10-31-13-11-30(2)12-14-31/h3,5-8,15-17,32H,4,9-14,18H2,1-2H3,(H,28,29). The third-order valence-corrected chi connectivity index (χ3v) is 6.51. The summed E-state index contributed by atoms with van der Waals surface area (Å²) in [5, 5.41) is 14.1. The number of aromatic nitrogens is 1. The van der Waals surface area contributed by atoms with Crippen LogP contribution in [0.2, 0.25) is 0 Å². The van der Waals surface area contributed by atoms with Crippen molar-refractivity contribution >= 4 is 5.82 Å². The van der Waals surface area contributed by atoms with Gasteiger partial charge in [0.2, 0.25) is 6.79 Å². The van der Waals surface area contributed by atoms with E-state index in [-0.39, 0.29) is 12.5 Å². The van der Waals surface area contributed by atoms with Crippen LogP contribution in [0.3, 0.4) is 0 Å². The van der Waals surface area contributed by atoms with E-state index in [1.54, 1.807) is 6.07 Å². The van der Waals surface area contributed by atoms with E-state index in [9.17, 15) is 5.11 Å². The Balaban J connectivity index is 1.40. The SMILES string of the molecule is Cc1ccc(O)c(-c2cc(-c3cccc4c3OCO4)cc(NCCCN3CCN(C)CC3)n2)c1. The lowest BCUT2D eigenvalue weighted by Gasteiger charge is -2.32. The zero-order valence-electron chi connectivity index (χ0n) is 19.9. The van der Waals surface area contributed by atoms with Gasteiger partial charge in [-0.15, -0.1) is 0 Å². The number of nitrogens with one attached hydrogen (secondary N) is 1. The van der Waals surface area contributed by atoms with Gasteiger partial charge in [0.25, 0.3) is 0 Å². The Kier molecular flexibility index (Phi) is 6.56. The largest absolute Gasteiger partial charge is 0.507 e. The Bertz CT molecular complexity index is 1160. The van der Waals surface area contributed by atoms with Crippen molar-refractivity contribution < 1.29 is 14.6 Å². The summed E-state index contributed by atoms with van der Waals surface area (Å²) in [6.45, 7) is 8.66. The first kappa shape index (κ1) is 22.5. The topological polar surface area (TPSA) is 70.1 Å². The third kappa shape index (κ3) is 4.95. The molecule has 3 heterocycles. The Morgan fingerprint density at radius 2 is 1.85 bits per heavy atom. The van der Waals surface area contributed by atoms with Crippen LogP contribution in [0.15, 0.2) is 48.5 Å². The number of piperazine rings is 1. The van der Waals surface area contributed by atoms with E-state index in [4.69, 9.17) is 14.5 Å². The van der Waals surface area contributed by atoms with Crippen LogP contribution in [-0.4, -0.2) is 73.0 Å². The van der Waals surface area contributed by atoms with E-state index in [1.807, 2.05) is 49.4 Å². The van der Waals surface area contributed by atoms with Crippen LogP contribution >= 0.6 is 0 Å². The third-order valence-electron chi connectivity index (χ3n) is 6.51. The van der Waals surface area contributed by atoms with Crippen molar-refractivity contribution in [3.8, 4) is 39.6 Å². The van der Waals surface area contributed by atoms with Gasteiger partial charge >= 0.3 is 0 Å². The van der Waals surface area contributed by atoms with Crippen molar-refractivity contribution in [3.05, 3.63) is 54.1 Å². The van der Waals surface area contributed by atoms with Gasteiger partial charge in [0.1, 0.15) is 11.6 Å². The van der Waals surface area contributed by atoms with Gasteiger partial charge in [0, 0.05) is 43.9 Å². The molecule has 2 aliphatic rings. The first-order chi connectivity index (χ1) is 16.6. The van der Waals surface area contributed by atoms with Crippen molar-refractivity contribution in [1.82, 2.24) is 14.8 Å².